The first kappa shape index (κ1) is 21.9. The minimum absolute atomic E-state index is 0.0193. The topological polar surface area (TPSA) is 122 Å². The summed E-state index contributed by atoms with van der Waals surface area (Å²) in [4.78, 5) is 51.3. The van der Waals surface area contributed by atoms with Crippen LogP contribution < -0.4 is 16.0 Å². The Morgan fingerprint density at radius 1 is 1.17 bits per heavy atom. The van der Waals surface area contributed by atoms with Crippen LogP contribution in [-0.4, -0.2) is 67.9 Å². The van der Waals surface area contributed by atoms with Crippen molar-refractivity contribution in [2.24, 2.45) is 11.7 Å². The standard InChI is InChI=1S/C21H28N4O5/c1-30-21(29)15-3-5-16(6-4-15)25-18(26)13-17(20(25)28)23-9-2-10-24-11-7-14(8-12-24)19(22)27/h3-6,14,17,23H,2,7-13H2,1H3,(H2,22,27)/t17-/m0/s1. The number of primary amides is 1. The van der Waals surface area contributed by atoms with E-state index in [9.17, 15) is 19.2 Å². The van der Waals surface area contributed by atoms with Gasteiger partial charge in [0.2, 0.25) is 11.8 Å². The monoisotopic (exact) mass is 416 g/mol. The van der Waals surface area contributed by atoms with E-state index < -0.39 is 12.0 Å². The molecule has 2 heterocycles. The number of benzene rings is 1. The molecule has 2 fully saturated rings. The average Bonchev–Trinajstić information content (AvgIpc) is 3.04. The molecule has 9 heteroatoms. The van der Waals surface area contributed by atoms with E-state index in [4.69, 9.17) is 5.73 Å². The predicted molar refractivity (Wildman–Crippen MR) is 110 cm³/mol. The fourth-order valence-electron chi connectivity index (χ4n) is 3.95. The fraction of sp³-hybridized carbons (Fsp3) is 0.524. The summed E-state index contributed by atoms with van der Waals surface area (Å²) in [6.45, 7) is 3.19. The van der Waals surface area contributed by atoms with Gasteiger partial charge in [0, 0.05) is 5.92 Å². The first-order valence-corrected chi connectivity index (χ1v) is 10.2. The van der Waals surface area contributed by atoms with Gasteiger partial charge in [-0.25, -0.2) is 9.69 Å². The molecule has 0 spiro atoms. The van der Waals surface area contributed by atoms with E-state index in [0.717, 1.165) is 43.8 Å². The number of carbonyl (C=O) groups is 4. The lowest BCUT2D eigenvalue weighted by Gasteiger charge is -2.30. The smallest absolute Gasteiger partial charge is 0.337 e. The number of piperidine rings is 1. The highest BCUT2D eigenvalue weighted by atomic mass is 16.5. The van der Waals surface area contributed by atoms with Crippen LogP contribution in [0.5, 0.6) is 0 Å². The maximum Gasteiger partial charge on any atom is 0.337 e. The molecule has 2 aliphatic rings. The van der Waals surface area contributed by atoms with Crippen LogP contribution in [0.15, 0.2) is 24.3 Å². The number of amides is 3. The molecule has 1 aromatic carbocycles. The van der Waals surface area contributed by atoms with Gasteiger partial charge in [-0.2, -0.15) is 0 Å². The summed E-state index contributed by atoms with van der Waals surface area (Å²) < 4.78 is 4.65. The second-order valence-corrected chi connectivity index (χ2v) is 7.69. The fourth-order valence-corrected chi connectivity index (χ4v) is 3.95. The van der Waals surface area contributed by atoms with Gasteiger partial charge >= 0.3 is 5.97 Å². The number of likely N-dealkylation sites (tertiary alicyclic amines) is 1. The third kappa shape index (κ3) is 5.03. The molecule has 1 atom stereocenters. The van der Waals surface area contributed by atoms with Crippen molar-refractivity contribution in [2.75, 3.05) is 38.2 Å². The van der Waals surface area contributed by atoms with E-state index in [2.05, 4.69) is 15.0 Å². The van der Waals surface area contributed by atoms with Crippen LogP contribution in [0.2, 0.25) is 0 Å². The molecule has 3 amide bonds. The molecule has 9 nitrogen and oxygen atoms in total. The maximum absolute atomic E-state index is 12.7. The Labute approximate surface area is 175 Å². The van der Waals surface area contributed by atoms with Crippen molar-refractivity contribution in [1.82, 2.24) is 10.2 Å². The number of hydrogen-bond donors (Lipinski definition) is 2. The molecule has 0 bridgehead atoms. The van der Waals surface area contributed by atoms with Crippen molar-refractivity contribution < 1.29 is 23.9 Å². The number of anilines is 1. The number of ether oxygens (including phenoxy) is 1. The molecule has 0 aliphatic carbocycles. The number of esters is 1. The Balaban J connectivity index is 1.45. The van der Waals surface area contributed by atoms with E-state index in [-0.39, 0.29) is 30.1 Å². The molecule has 0 saturated carbocycles. The van der Waals surface area contributed by atoms with E-state index in [1.54, 1.807) is 12.1 Å². The largest absolute Gasteiger partial charge is 0.465 e. The number of hydrogen-bond acceptors (Lipinski definition) is 7. The van der Waals surface area contributed by atoms with Crippen LogP contribution in [0.25, 0.3) is 0 Å². The van der Waals surface area contributed by atoms with Crippen LogP contribution in [0, 0.1) is 5.92 Å². The average molecular weight is 416 g/mol. The molecular weight excluding hydrogens is 388 g/mol. The van der Waals surface area contributed by atoms with Crippen molar-refractivity contribution >= 4 is 29.4 Å². The highest BCUT2D eigenvalue weighted by Crippen LogP contribution is 2.23. The molecule has 30 heavy (non-hydrogen) atoms. The van der Waals surface area contributed by atoms with Gasteiger partial charge in [-0.05, 0) is 69.7 Å². The zero-order valence-corrected chi connectivity index (χ0v) is 17.1. The number of methoxy groups -OCH3 is 1. The Bertz CT molecular complexity index is 802. The number of imide groups is 1. The minimum atomic E-state index is -0.543. The van der Waals surface area contributed by atoms with Crippen molar-refractivity contribution in [3.63, 3.8) is 0 Å². The number of carbonyl (C=O) groups excluding carboxylic acids is 4. The zero-order chi connectivity index (χ0) is 21.7. The van der Waals surface area contributed by atoms with Gasteiger partial charge in [0.25, 0.3) is 5.91 Å². The lowest BCUT2D eigenvalue weighted by Crippen LogP contribution is -2.41. The van der Waals surface area contributed by atoms with Crippen molar-refractivity contribution in [3.05, 3.63) is 29.8 Å². The maximum atomic E-state index is 12.7. The van der Waals surface area contributed by atoms with E-state index in [0.29, 0.717) is 17.8 Å². The van der Waals surface area contributed by atoms with Crippen molar-refractivity contribution in [3.8, 4) is 0 Å². The summed E-state index contributed by atoms with van der Waals surface area (Å²) in [6, 6.07) is 5.66. The summed E-state index contributed by atoms with van der Waals surface area (Å²) in [5.74, 6) is -1.26. The van der Waals surface area contributed by atoms with Crippen LogP contribution in [0.4, 0.5) is 5.69 Å². The molecule has 0 aromatic heterocycles. The molecule has 1 aromatic rings. The summed E-state index contributed by atoms with van der Waals surface area (Å²) in [5, 5.41) is 3.18. The Morgan fingerprint density at radius 2 is 1.83 bits per heavy atom. The molecule has 162 valence electrons. The van der Waals surface area contributed by atoms with Gasteiger partial charge in [0.1, 0.15) is 0 Å². The van der Waals surface area contributed by atoms with Gasteiger partial charge in [0.05, 0.1) is 30.8 Å². The molecule has 3 N–H and O–H groups in total. The zero-order valence-electron chi connectivity index (χ0n) is 17.1. The minimum Gasteiger partial charge on any atom is -0.465 e. The molecule has 0 radical (unpaired) electrons. The highest BCUT2D eigenvalue weighted by Gasteiger charge is 2.39. The SMILES string of the molecule is COC(=O)c1ccc(N2C(=O)C[C@H](NCCCN3CCC(C(N)=O)CC3)C2=O)cc1. The molecule has 2 saturated heterocycles. The lowest BCUT2D eigenvalue weighted by molar-refractivity contribution is -0.123. The van der Waals surface area contributed by atoms with Gasteiger partial charge < -0.3 is 20.7 Å². The van der Waals surface area contributed by atoms with Gasteiger partial charge in [0.15, 0.2) is 0 Å². The van der Waals surface area contributed by atoms with Crippen LogP contribution in [0.1, 0.15) is 36.0 Å². The Kier molecular flexibility index (Phi) is 7.17. The van der Waals surface area contributed by atoms with Crippen LogP contribution in [-0.2, 0) is 19.1 Å². The summed E-state index contributed by atoms with van der Waals surface area (Å²) in [7, 11) is 1.29. The van der Waals surface area contributed by atoms with Gasteiger partial charge in [-0.3, -0.25) is 14.4 Å². The Morgan fingerprint density at radius 3 is 2.43 bits per heavy atom. The van der Waals surface area contributed by atoms with Crippen LogP contribution >= 0.6 is 0 Å². The van der Waals surface area contributed by atoms with Gasteiger partial charge in [-0.15, -0.1) is 0 Å². The molecular formula is C21H28N4O5. The summed E-state index contributed by atoms with van der Waals surface area (Å²) in [5.41, 5.74) is 6.16. The third-order valence-corrected chi connectivity index (χ3v) is 5.73. The number of nitrogens with two attached hydrogens (primary N) is 1. The summed E-state index contributed by atoms with van der Waals surface area (Å²) >= 11 is 0. The Hall–Kier alpha value is -2.78. The number of rotatable bonds is 8. The third-order valence-electron chi connectivity index (χ3n) is 5.73. The van der Waals surface area contributed by atoms with Crippen LogP contribution in [0.3, 0.4) is 0 Å². The predicted octanol–water partition coefficient (Wildman–Crippen LogP) is 0.282. The number of nitrogens with one attached hydrogen (secondary N) is 1. The van der Waals surface area contributed by atoms with Crippen molar-refractivity contribution in [2.45, 2.75) is 31.7 Å². The normalized spacial score (nSPS) is 20.6. The van der Waals surface area contributed by atoms with Crippen molar-refractivity contribution in [1.29, 1.82) is 0 Å². The molecule has 0 unspecified atom stereocenters. The lowest BCUT2D eigenvalue weighted by atomic mass is 9.96. The second-order valence-electron chi connectivity index (χ2n) is 7.69. The highest BCUT2D eigenvalue weighted by molar-refractivity contribution is 6.22. The number of nitrogens with zero attached hydrogens (tertiary/aromatic N) is 2. The quantitative estimate of drug-likeness (QED) is 0.355. The summed E-state index contributed by atoms with van der Waals surface area (Å²) in [6.07, 6.45) is 2.54. The van der Waals surface area contributed by atoms with Gasteiger partial charge in [-0.1, -0.05) is 0 Å². The van der Waals surface area contributed by atoms with E-state index >= 15 is 0 Å². The first-order valence-electron chi connectivity index (χ1n) is 10.2. The first-order chi connectivity index (χ1) is 14.4. The van der Waals surface area contributed by atoms with E-state index in [1.165, 1.54) is 19.2 Å². The van der Waals surface area contributed by atoms with E-state index in [1.807, 2.05) is 0 Å². The molecule has 2 aliphatic heterocycles. The molecule has 3 rings (SSSR count). The second kappa shape index (κ2) is 9.82.